The smallest absolute Gasteiger partial charge is 0.352 e. The molecule has 2 saturated heterocycles. The normalized spacial score (nSPS) is 17.6. The van der Waals surface area contributed by atoms with E-state index in [9.17, 15) is 28.0 Å². The van der Waals surface area contributed by atoms with Crippen molar-refractivity contribution in [3.05, 3.63) is 57.4 Å². The third-order valence-corrected chi connectivity index (χ3v) is 8.82. The molecule has 1 amide bonds. The van der Waals surface area contributed by atoms with Crippen LogP contribution in [0.5, 0.6) is 0 Å². The summed E-state index contributed by atoms with van der Waals surface area (Å²) in [4.78, 5) is 43.5. The Morgan fingerprint density at radius 1 is 1.18 bits per heavy atom. The summed E-state index contributed by atoms with van der Waals surface area (Å²) >= 11 is 2.97. The minimum atomic E-state index is -4.76. The van der Waals surface area contributed by atoms with Gasteiger partial charge in [-0.3, -0.25) is 14.5 Å². The number of benzene rings is 1. The maximum Gasteiger partial charge on any atom is 0.419 e. The standard InChI is InChI=1S/C29H31BrF3N9O2/c1-4-23(43)41-13-12-39(15-18(41)10-11-34)26-20-14-35-42(22-9-7-8-21(30)24(22)29(31,32)33)27(44)25(20)36-28(37-26)40-16-19(17-40)38(5-2)6-3/h4,7-9,14,18-19H,1,5-6,10,12-13,15-17H2,2-3H3. The quantitative estimate of drug-likeness (QED) is 0.331. The highest BCUT2D eigenvalue weighted by molar-refractivity contribution is 9.10. The highest BCUT2D eigenvalue weighted by Crippen LogP contribution is 2.39. The lowest BCUT2D eigenvalue weighted by molar-refractivity contribution is -0.138. The molecule has 0 bridgehead atoms. The van der Waals surface area contributed by atoms with Crippen molar-refractivity contribution in [1.29, 1.82) is 5.26 Å². The number of nitriles is 1. The van der Waals surface area contributed by atoms with Crippen LogP contribution in [0.25, 0.3) is 16.6 Å². The van der Waals surface area contributed by atoms with E-state index >= 15 is 0 Å². The Bertz CT molecular complexity index is 1680. The largest absolute Gasteiger partial charge is 0.419 e. The molecule has 2 aliphatic heterocycles. The molecular weight excluding hydrogens is 643 g/mol. The fraction of sp³-hybridized carbons (Fsp3) is 0.448. The molecule has 11 nitrogen and oxygen atoms in total. The molecule has 1 atom stereocenters. The first-order valence-corrected chi connectivity index (χ1v) is 15.0. The molecule has 1 unspecified atom stereocenters. The van der Waals surface area contributed by atoms with E-state index in [1.807, 2.05) is 9.80 Å². The van der Waals surface area contributed by atoms with Gasteiger partial charge >= 0.3 is 6.18 Å². The van der Waals surface area contributed by atoms with E-state index in [0.29, 0.717) is 30.1 Å². The van der Waals surface area contributed by atoms with Gasteiger partial charge in [-0.15, -0.1) is 0 Å². The SMILES string of the molecule is C=CC(=O)N1CCN(c2nc(N3CC(N(CC)CC)C3)nc3c(=O)n(-c4cccc(Br)c4C(F)(F)F)ncc23)CC1CC#N. The molecule has 1 aromatic carbocycles. The number of nitrogens with zero attached hydrogens (tertiary/aromatic N) is 9. The van der Waals surface area contributed by atoms with Crippen LogP contribution in [0.15, 0.2) is 46.3 Å². The van der Waals surface area contributed by atoms with E-state index in [4.69, 9.17) is 4.98 Å². The van der Waals surface area contributed by atoms with E-state index in [-0.39, 0.29) is 52.8 Å². The average molecular weight is 675 g/mol. The van der Waals surface area contributed by atoms with E-state index in [1.54, 1.807) is 4.90 Å². The second-order valence-corrected chi connectivity index (χ2v) is 11.4. The molecule has 0 spiro atoms. The summed E-state index contributed by atoms with van der Waals surface area (Å²) in [5, 5.41) is 13.9. The Balaban J connectivity index is 1.64. The fourth-order valence-electron chi connectivity index (χ4n) is 5.84. The molecule has 5 rings (SSSR count). The van der Waals surface area contributed by atoms with Gasteiger partial charge in [0.05, 0.1) is 41.4 Å². The van der Waals surface area contributed by atoms with Gasteiger partial charge in [0, 0.05) is 43.2 Å². The number of amides is 1. The maximum atomic E-state index is 14.1. The van der Waals surface area contributed by atoms with Crippen molar-refractivity contribution in [2.24, 2.45) is 0 Å². The van der Waals surface area contributed by atoms with Crippen LogP contribution in [0, 0.1) is 11.3 Å². The molecular formula is C29H31BrF3N9O2. The molecule has 2 aromatic heterocycles. The van der Waals surface area contributed by atoms with Crippen LogP contribution in [0.1, 0.15) is 25.8 Å². The molecule has 0 aliphatic carbocycles. The van der Waals surface area contributed by atoms with Crippen molar-refractivity contribution in [2.45, 2.75) is 38.5 Å². The average Bonchev–Trinajstić information content (AvgIpc) is 2.97. The number of carbonyl (C=O) groups excluding carboxylic acids is 1. The topological polar surface area (TPSA) is 114 Å². The number of likely N-dealkylation sites (N-methyl/N-ethyl adjacent to an activating group) is 1. The number of halogens is 4. The minimum Gasteiger partial charge on any atom is -0.352 e. The minimum absolute atomic E-state index is 0.0673. The summed E-state index contributed by atoms with van der Waals surface area (Å²) in [6, 6.07) is 5.76. The first-order valence-electron chi connectivity index (χ1n) is 14.2. The zero-order valence-electron chi connectivity index (χ0n) is 24.3. The predicted octanol–water partition coefficient (Wildman–Crippen LogP) is 3.60. The van der Waals surface area contributed by atoms with Gasteiger partial charge in [0.25, 0.3) is 5.56 Å². The van der Waals surface area contributed by atoms with Crippen LogP contribution < -0.4 is 15.4 Å². The molecule has 4 heterocycles. The lowest BCUT2D eigenvalue weighted by Crippen LogP contribution is -2.60. The number of anilines is 2. The van der Waals surface area contributed by atoms with Crippen LogP contribution >= 0.6 is 15.9 Å². The highest BCUT2D eigenvalue weighted by atomic mass is 79.9. The van der Waals surface area contributed by atoms with Crippen LogP contribution in [-0.4, -0.2) is 93.4 Å². The van der Waals surface area contributed by atoms with Crippen molar-refractivity contribution < 1.29 is 18.0 Å². The Morgan fingerprint density at radius 2 is 1.91 bits per heavy atom. The zero-order chi connectivity index (χ0) is 31.8. The maximum absolute atomic E-state index is 14.1. The van der Waals surface area contributed by atoms with Gasteiger partial charge in [-0.25, -0.2) is 4.98 Å². The third kappa shape index (κ3) is 5.75. The molecule has 44 heavy (non-hydrogen) atoms. The summed E-state index contributed by atoms with van der Waals surface area (Å²) in [5.74, 6) is 0.352. The number of alkyl halides is 3. The van der Waals surface area contributed by atoms with Gasteiger partial charge in [-0.05, 0) is 31.3 Å². The van der Waals surface area contributed by atoms with Crippen LogP contribution in [0.4, 0.5) is 24.9 Å². The molecule has 0 radical (unpaired) electrons. The number of fused-ring (bicyclic) bond motifs is 1. The fourth-order valence-corrected chi connectivity index (χ4v) is 6.43. The number of rotatable bonds is 8. The van der Waals surface area contributed by atoms with Crippen molar-refractivity contribution in [1.82, 2.24) is 29.5 Å². The van der Waals surface area contributed by atoms with Gasteiger partial charge in [-0.2, -0.15) is 33.2 Å². The summed E-state index contributed by atoms with van der Waals surface area (Å²) in [6.45, 7) is 11.6. The molecule has 15 heteroatoms. The number of piperazine rings is 1. The zero-order valence-corrected chi connectivity index (χ0v) is 25.8. The summed E-state index contributed by atoms with van der Waals surface area (Å²) in [7, 11) is 0. The number of hydrogen-bond acceptors (Lipinski definition) is 9. The summed E-state index contributed by atoms with van der Waals surface area (Å²) < 4.78 is 42.7. The Morgan fingerprint density at radius 3 is 2.55 bits per heavy atom. The highest BCUT2D eigenvalue weighted by Gasteiger charge is 2.38. The summed E-state index contributed by atoms with van der Waals surface area (Å²) in [5.41, 5.74) is -2.38. The molecule has 0 saturated carbocycles. The Labute approximate surface area is 260 Å². The number of aromatic nitrogens is 4. The van der Waals surface area contributed by atoms with E-state index in [2.05, 4.69) is 57.4 Å². The van der Waals surface area contributed by atoms with Crippen molar-refractivity contribution in [3.8, 4) is 11.8 Å². The van der Waals surface area contributed by atoms with Crippen molar-refractivity contribution in [3.63, 3.8) is 0 Å². The third-order valence-electron chi connectivity index (χ3n) is 8.16. The Kier molecular flexibility index (Phi) is 8.94. The van der Waals surface area contributed by atoms with Gasteiger partial charge in [0.2, 0.25) is 11.9 Å². The summed E-state index contributed by atoms with van der Waals surface area (Å²) in [6.07, 6.45) is -2.19. The predicted molar refractivity (Wildman–Crippen MR) is 163 cm³/mol. The molecule has 0 N–H and O–H groups in total. The lowest BCUT2D eigenvalue weighted by Gasteiger charge is -2.45. The Hall–Kier alpha value is -4.03. The number of hydrogen-bond donors (Lipinski definition) is 0. The van der Waals surface area contributed by atoms with Crippen LogP contribution in [0.2, 0.25) is 0 Å². The van der Waals surface area contributed by atoms with E-state index < -0.39 is 29.0 Å². The van der Waals surface area contributed by atoms with Gasteiger partial charge < -0.3 is 14.7 Å². The lowest BCUT2D eigenvalue weighted by atomic mass is 10.1. The molecule has 3 aromatic rings. The van der Waals surface area contributed by atoms with E-state index in [1.165, 1.54) is 30.5 Å². The van der Waals surface area contributed by atoms with Gasteiger partial charge in [0.15, 0.2) is 0 Å². The van der Waals surface area contributed by atoms with Crippen LogP contribution in [-0.2, 0) is 11.0 Å². The number of carbonyl (C=O) groups is 1. The van der Waals surface area contributed by atoms with Gasteiger partial charge in [0.1, 0.15) is 11.3 Å². The first kappa shape index (κ1) is 31.4. The van der Waals surface area contributed by atoms with Gasteiger partial charge in [-0.1, -0.05) is 42.4 Å². The first-order chi connectivity index (χ1) is 21.0. The second-order valence-electron chi connectivity index (χ2n) is 10.6. The van der Waals surface area contributed by atoms with E-state index in [0.717, 1.165) is 13.1 Å². The molecule has 2 aliphatic rings. The molecule has 232 valence electrons. The van der Waals surface area contributed by atoms with Crippen LogP contribution in [0.3, 0.4) is 0 Å². The molecule has 2 fully saturated rings. The monoisotopic (exact) mass is 673 g/mol. The van der Waals surface area contributed by atoms with Crippen molar-refractivity contribution in [2.75, 3.05) is 55.6 Å². The van der Waals surface area contributed by atoms with Crippen molar-refractivity contribution >= 4 is 44.5 Å². The second kappa shape index (κ2) is 12.5.